The number of hydrogen-bond donors (Lipinski definition) is 1. The second-order valence-corrected chi connectivity index (χ2v) is 10.4. The number of fused-ring (bicyclic) bond motifs is 1. The predicted octanol–water partition coefficient (Wildman–Crippen LogP) is 6.23. The molecule has 0 unspecified atom stereocenters. The highest BCUT2D eigenvalue weighted by Crippen LogP contribution is 2.34. The molecule has 1 fully saturated rings. The van der Waals surface area contributed by atoms with Gasteiger partial charge in [-0.25, -0.2) is 0 Å². The van der Waals surface area contributed by atoms with Crippen LogP contribution >= 0.6 is 11.8 Å². The summed E-state index contributed by atoms with van der Waals surface area (Å²) in [6.07, 6.45) is 8.92. The van der Waals surface area contributed by atoms with Gasteiger partial charge in [0, 0.05) is 0 Å². The number of benzene rings is 2. The zero-order chi connectivity index (χ0) is 26.5. The molecule has 38 heavy (non-hydrogen) atoms. The van der Waals surface area contributed by atoms with Crippen LogP contribution in [0.4, 0.5) is 0 Å². The first-order chi connectivity index (χ1) is 18.6. The molecule has 1 N–H and O–H groups in total. The Balaban J connectivity index is 1.18. The largest absolute Gasteiger partial charge is 0.493 e. The lowest BCUT2D eigenvalue weighted by Crippen LogP contribution is -2.35. The summed E-state index contributed by atoms with van der Waals surface area (Å²) in [5.41, 5.74) is 2.28. The van der Waals surface area contributed by atoms with Crippen molar-refractivity contribution < 1.29 is 19.0 Å². The minimum atomic E-state index is -0.454. The molecule has 9 heteroatoms. The zero-order valence-electron chi connectivity index (χ0n) is 21.7. The molecule has 0 atom stereocenters. The molecular weight excluding hydrogens is 500 g/mol. The van der Waals surface area contributed by atoms with Gasteiger partial charge in [-0.3, -0.25) is 10.2 Å². The summed E-state index contributed by atoms with van der Waals surface area (Å²) in [5.74, 6) is 2.17. The van der Waals surface area contributed by atoms with Crippen molar-refractivity contribution in [2.45, 2.75) is 51.4 Å². The van der Waals surface area contributed by atoms with Gasteiger partial charge in [-0.05, 0) is 78.4 Å². The molecule has 1 amide bonds. The number of carbonyl (C=O) groups excluding carboxylic acids is 1. The highest BCUT2D eigenvalue weighted by Gasteiger charge is 2.35. The highest BCUT2D eigenvalue weighted by atomic mass is 32.2. The standard InChI is InChI=1S/C29H32N4O4S/c1-3-26-32-33-27(30)23(28(34)31-29(33)38-26)17-19-9-14-24(25(18-19)35-2)37-16-15-36-22-12-10-21(11-13-22)20-7-5-4-6-8-20/h9-14,17-18,20,30H,3-8,15-16H2,1-2H3/b23-17+,30-27?. The second-order valence-electron chi connectivity index (χ2n) is 9.38. The fourth-order valence-corrected chi connectivity index (χ4v) is 5.64. The molecule has 0 saturated heterocycles. The van der Waals surface area contributed by atoms with Gasteiger partial charge in [-0.1, -0.05) is 44.4 Å². The molecule has 3 aliphatic rings. The van der Waals surface area contributed by atoms with E-state index in [2.05, 4.69) is 22.2 Å². The molecule has 1 aliphatic carbocycles. The van der Waals surface area contributed by atoms with E-state index in [0.29, 0.717) is 41.4 Å². The number of amides is 1. The Morgan fingerprint density at radius 1 is 1.05 bits per heavy atom. The van der Waals surface area contributed by atoms with E-state index >= 15 is 0 Å². The van der Waals surface area contributed by atoms with Crippen molar-refractivity contribution in [3.8, 4) is 17.2 Å². The summed E-state index contributed by atoms with van der Waals surface area (Å²) >= 11 is 1.32. The van der Waals surface area contributed by atoms with Gasteiger partial charge in [0.05, 0.1) is 12.7 Å². The number of hydrazone groups is 1. The summed E-state index contributed by atoms with van der Waals surface area (Å²) < 4.78 is 17.3. The van der Waals surface area contributed by atoms with E-state index in [1.807, 2.05) is 25.1 Å². The SMILES string of the molecule is CCC1=NN2C(=N)/C(=C\c3ccc(OCCOc4ccc(C5CCCCC5)cc4)c(OC)c3)C(=O)N=C2S1. The van der Waals surface area contributed by atoms with Crippen molar-refractivity contribution >= 4 is 39.8 Å². The summed E-state index contributed by atoms with van der Waals surface area (Å²) in [7, 11) is 1.57. The van der Waals surface area contributed by atoms with Crippen molar-refractivity contribution in [2.75, 3.05) is 20.3 Å². The van der Waals surface area contributed by atoms with Crippen LogP contribution < -0.4 is 14.2 Å². The smallest absolute Gasteiger partial charge is 0.283 e. The minimum Gasteiger partial charge on any atom is -0.493 e. The van der Waals surface area contributed by atoms with Gasteiger partial charge < -0.3 is 14.2 Å². The Hall–Kier alpha value is -3.59. The van der Waals surface area contributed by atoms with E-state index in [9.17, 15) is 4.79 Å². The first-order valence-corrected chi connectivity index (χ1v) is 13.9. The van der Waals surface area contributed by atoms with Crippen LogP contribution in [-0.2, 0) is 4.79 Å². The van der Waals surface area contributed by atoms with Gasteiger partial charge in [0.15, 0.2) is 17.3 Å². The van der Waals surface area contributed by atoms with Gasteiger partial charge in [0.1, 0.15) is 24.0 Å². The number of carbonyl (C=O) groups is 1. The second kappa shape index (κ2) is 11.9. The summed E-state index contributed by atoms with van der Waals surface area (Å²) in [6, 6.07) is 13.8. The third-order valence-corrected chi connectivity index (χ3v) is 7.92. The molecule has 0 bridgehead atoms. The number of aliphatic imine (C=N–C) groups is 1. The van der Waals surface area contributed by atoms with Crippen molar-refractivity contribution in [3.05, 3.63) is 59.2 Å². The molecule has 2 aromatic rings. The number of hydrogen-bond acceptors (Lipinski definition) is 7. The molecule has 1 saturated carbocycles. The van der Waals surface area contributed by atoms with Crippen molar-refractivity contribution in [1.82, 2.24) is 5.01 Å². The van der Waals surface area contributed by atoms with Gasteiger partial charge in [-0.15, -0.1) is 0 Å². The molecule has 0 radical (unpaired) electrons. The summed E-state index contributed by atoms with van der Waals surface area (Å²) in [4.78, 5) is 16.7. The quantitative estimate of drug-likeness (QED) is 0.304. The normalized spacial score (nSPS) is 18.8. The number of nitrogens with zero attached hydrogens (tertiary/aromatic N) is 3. The maximum atomic E-state index is 12.6. The molecule has 0 aromatic heterocycles. The van der Waals surface area contributed by atoms with Crippen molar-refractivity contribution in [3.63, 3.8) is 0 Å². The molecule has 5 rings (SSSR count). The van der Waals surface area contributed by atoms with Crippen LogP contribution in [-0.4, -0.2) is 47.3 Å². The number of amidine groups is 2. The molecule has 198 valence electrons. The van der Waals surface area contributed by atoms with Crippen LogP contribution in [0.1, 0.15) is 62.5 Å². The summed E-state index contributed by atoms with van der Waals surface area (Å²) in [5, 5.41) is 15.5. The van der Waals surface area contributed by atoms with Gasteiger partial charge in [0.25, 0.3) is 5.91 Å². The lowest BCUT2D eigenvalue weighted by molar-refractivity contribution is -0.114. The van der Waals surface area contributed by atoms with E-state index in [0.717, 1.165) is 17.2 Å². The molecule has 2 aliphatic heterocycles. The predicted molar refractivity (Wildman–Crippen MR) is 152 cm³/mol. The van der Waals surface area contributed by atoms with Crippen LogP contribution in [0, 0.1) is 5.41 Å². The number of rotatable bonds is 9. The van der Waals surface area contributed by atoms with Crippen LogP contribution in [0.2, 0.25) is 0 Å². The maximum absolute atomic E-state index is 12.6. The third kappa shape index (κ3) is 5.78. The van der Waals surface area contributed by atoms with Crippen LogP contribution in [0.15, 0.2) is 58.1 Å². The van der Waals surface area contributed by atoms with Crippen LogP contribution in [0.25, 0.3) is 6.08 Å². The van der Waals surface area contributed by atoms with Gasteiger partial charge in [0.2, 0.25) is 5.17 Å². The fourth-order valence-electron chi connectivity index (χ4n) is 4.82. The Labute approximate surface area is 227 Å². The van der Waals surface area contributed by atoms with E-state index in [-0.39, 0.29) is 11.4 Å². The monoisotopic (exact) mass is 532 g/mol. The fraction of sp³-hybridized carbons (Fsp3) is 0.379. The van der Waals surface area contributed by atoms with Crippen LogP contribution in [0.5, 0.6) is 17.2 Å². The molecule has 2 heterocycles. The van der Waals surface area contributed by atoms with Gasteiger partial charge in [-0.2, -0.15) is 15.1 Å². The van der Waals surface area contributed by atoms with E-state index in [1.165, 1.54) is 54.4 Å². The average molecular weight is 533 g/mol. The van der Waals surface area contributed by atoms with E-state index < -0.39 is 5.91 Å². The topological polar surface area (TPSA) is 96.6 Å². The lowest BCUT2D eigenvalue weighted by atomic mass is 9.84. The van der Waals surface area contributed by atoms with Crippen molar-refractivity contribution in [1.29, 1.82) is 5.41 Å². The maximum Gasteiger partial charge on any atom is 0.283 e. The first kappa shape index (κ1) is 26.0. The minimum absolute atomic E-state index is 0.0131. The molecule has 0 spiro atoms. The molecule has 8 nitrogen and oxygen atoms in total. The Morgan fingerprint density at radius 2 is 1.82 bits per heavy atom. The third-order valence-electron chi connectivity index (χ3n) is 6.86. The number of ether oxygens (including phenoxy) is 3. The average Bonchev–Trinajstić information content (AvgIpc) is 3.38. The first-order valence-electron chi connectivity index (χ1n) is 13.1. The summed E-state index contributed by atoms with van der Waals surface area (Å²) in [6.45, 7) is 2.73. The Kier molecular flexibility index (Phi) is 8.12. The van der Waals surface area contributed by atoms with Crippen LogP contribution in [0.3, 0.4) is 0 Å². The van der Waals surface area contributed by atoms with Gasteiger partial charge >= 0.3 is 0 Å². The highest BCUT2D eigenvalue weighted by molar-refractivity contribution is 8.26. The van der Waals surface area contributed by atoms with Crippen molar-refractivity contribution in [2.24, 2.45) is 10.1 Å². The lowest BCUT2D eigenvalue weighted by Gasteiger charge is -2.22. The Bertz CT molecular complexity index is 1300. The Morgan fingerprint density at radius 3 is 2.55 bits per heavy atom. The van der Waals surface area contributed by atoms with E-state index in [1.54, 1.807) is 25.3 Å². The number of nitrogens with one attached hydrogen (secondary N) is 1. The number of thioether (sulfide) groups is 1. The zero-order valence-corrected chi connectivity index (χ0v) is 22.6. The van der Waals surface area contributed by atoms with E-state index in [4.69, 9.17) is 19.6 Å². The number of methoxy groups -OCH3 is 1. The molecule has 2 aromatic carbocycles. The molecular formula is C29H32N4O4S.